The van der Waals surface area contributed by atoms with Gasteiger partial charge in [0.2, 0.25) is 0 Å². The molecule has 0 unspecified atom stereocenters. The fraction of sp³-hybridized carbons (Fsp3) is 0.714. The zero-order valence-corrected chi connectivity index (χ0v) is 14.9. The lowest BCUT2D eigenvalue weighted by Gasteiger charge is -2.50. The van der Waals surface area contributed by atoms with Crippen LogP contribution >= 0.6 is 0 Å². The summed E-state index contributed by atoms with van der Waals surface area (Å²) in [5.74, 6) is 3.05. The molecule has 0 amide bonds. The first-order chi connectivity index (χ1) is 11.5. The monoisotopic (exact) mass is 330 g/mol. The van der Waals surface area contributed by atoms with Crippen LogP contribution < -0.4 is 4.74 Å². The minimum atomic E-state index is -0.125. The molecule has 0 heterocycles. The Kier molecular flexibility index (Phi) is 4.03. The summed E-state index contributed by atoms with van der Waals surface area (Å²) in [6, 6.07) is 3.76. The van der Waals surface area contributed by atoms with Gasteiger partial charge in [-0.15, -0.1) is 0 Å². The lowest BCUT2D eigenvalue weighted by molar-refractivity contribution is -0.0230. The third-order valence-corrected chi connectivity index (χ3v) is 7.18. The first kappa shape index (κ1) is 16.3. The van der Waals surface area contributed by atoms with E-state index in [4.69, 9.17) is 4.74 Å². The standard InChI is InChI=1S/C21H30O3/c1-3-10-24-18-12-14(22)11-13-4-5-15-16(20(13)18)8-9-21(2)17(15)6-7-19(21)23/h11-12,15-17,19,22-23H,3-10H2,1-2H3/t15-,16-,17-,19-,21-/m0/s1. The fourth-order valence-corrected chi connectivity index (χ4v) is 5.97. The van der Waals surface area contributed by atoms with E-state index in [1.54, 1.807) is 0 Å². The van der Waals surface area contributed by atoms with Gasteiger partial charge in [0.1, 0.15) is 11.5 Å². The second kappa shape index (κ2) is 5.94. The Bertz CT molecular complexity index is 626. The van der Waals surface area contributed by atoms with Gasteiger partial charge in [-0.1, -0.05) is 13.8 Å². The summed E-state index contributed by atoms with van der Waals surface area (Å²) in [4.78, 5) is 0. The van der Waals surface area contributed by atoms with Gasteiger partial charge in [-0.25, -0.2) is 0 Å². The van der Waals surface area contributed by atoms with Crippen molar-refractivity contribution in [1.82, 2.24) is 0 Å². The van der Waals surface area contributed by atoms with E-state index in [9.17, 15) is 10.2 Å². The van der Waals surface area contributed by atoms with Crippen LogP contribution in [0.15, 0.2) is 12.1 Å². The summed E-state index contributed by atoms with van der Waals surface area (Å²) in [7, 11) is 0. The van der Waals surface area contributed by atoms with Gasteiger partial charge in [0, 0.05) is 11.6 Å². The van der Waals surface area contributed by atoms with E-state index in [0.29, 0.717) is 30.1 Å². The molecule has 2 saturated carbocycles. The van der Waals surface area contributed by atoms with Crippen LogP contribution in [0.25, 0.3) is 0 Å². The Morgan fingerprint density at radius 2 is 2.04 bits per heavy atom. The summed E-state index contributed by atoms with van der Waals surface area (Å²) in [5.41, 5.74) is 2.76. The summed E-state index contributed by atoms with van der Waals surface area (Å²) in [6.07, 6.45) is 7.43. The first-order valence-electron chi connectivity index (χ1n) is 9.71. The Hall–Kier alpha value is -1.22. The normalized spacial score (nSPS) is 37.5. The molecule has 0 aliphatic heterocycles. The predicted octanol–water partition coefficient (Wildman–Crippen LogP) is 4.40. The van der Waals surface area contributed by atoms with Gasteiger partial charge in [-0.05, 0) is 79.7 Å². The van der Waals surface area contributed by atoms with Crippen molar-refractivity contribution in [3.05, 3.63) is 23.3 Å². The van der Waals surface area contributed by atoms with Gasteiger partial charge in [0.05, 0.1) is 12.7 Å². The van der Waals surface area contributed by atoms with E-state index < -0.39 is 0 Å². The van der Waals surface area contributed by atoms with Crippen LogP contribution in [0, 0.1) is 17.3 Å². The number of rotatable bonds is 3. The molecule has 2 fully saturated rings. The van der Waals surface area contributed by atoms with Crippen molar-refractivity contribution in [3.63, 3.8) is 0 Å². The van der Waals surface area contributed by atoms with Crippen molar-refractivity contribution in [3.8, 4) is 11.5 Å². The fourth-order valence-electron chi connectivity index (χ4n) is 5.97. The molecule has 2 N–H and O–H groups in total. The van der Waals surface area contributed by atoms with E-state index in [1.807, 2.05) is 12.1 Å². The van der Waals surface area contributed by atoms with Crippen LogP contribution in [0.4, 0.5) is 0 Å². The Morgan fingerprint density at radius 1 is 1.21 bits per heavy atom. The molecule has 3 heteroatoms. The second-order valence-corrected chi connectivity index (χ2v) is 8.42. The molecule has 1 aromatic rings. The van der Waals surface area contributed by atoms with E-state index in [-0.39, 0.29) is 11.5 Å². The average Bonchev–Trinajstić information content (AvgIpc) is 2.87. The highest BCUT2D eigenvalue weighted by atomic mass is 16.5. The number of phenols is 1. The van der Waals surface area contributed by atoms with E-state index in [1.165, 1.54) is 17.5 Å². The maximum atomic E-state index is 10.5. The molecule has 0 aromatic heterocycles. The minimum Gasteiger partial charge on any atom is -0.508 e. The zero-order chi connectivity index (χ0) is 16.9. The maximum Gasteiger partial charge on any atom is 0.126 e. The molecule has 0 spiro atoms. The van der Waals surface area contributed by atoms with Crippen molar-refractivity contribution in [1.29, 1.82) is 0 Å². The van der Waals surface area contributed by atoms with Gasteiger partial charge >= 0.3 is 0 Å². The molecule has 1 aromatic carbocycles. The molecule has 24 heavy (non-hydrogen) atoms. The molecular formula is C21H30O3. The third-order valence-electron chi connectivity index (χ3n) is 7.18. The van der Waals surface area contributed by atoms with Crippen LogP contribution in [0.2, 0.25) is 0 Å². The third kappa shape index (κ3) is 2.35. The van der Waals surface area contributed by atoms with Gasteiger partial charge in [0.25, 0.3) is 0 Å². The van der Waals surface area contributed by atoms with E-state index in [0.717, 1.165) is 44.3 Å². The Labute approximate surface area is 145 Å². The number of aromatic hydroxyl groups is 1. The van der Waals surface area contributed by atoms with Crippen LogP contribution in [-0.4, -0.2) is 22.9 Å². The SMILES string of the molecule is CCCOc1cc(O)cc2c1[C@H]1CC[C@]3(C)[C@@H](O)CC[C@H]3[C@H]1CC2. The van der Waals surface area contributed by atoms with Crippen LogP contribution in [-0.2, 0) is 6.42 Å². The van der Waals surface area contributed by atoms with Crippen LogP contribution in [0.5, 0.6) is 11.5 Å². The minimum absolute atomic E-state index is 0.111. The number of benzene rings is 1. The maximum absolute atomic E-state index is 10.5. The highest BCUT2D eigenvalue weighted by Gasteiger charge is 2.54. The van der Waals surface area contributed by atoms with Crippen molar-refractivity contribution < 1.29 is 14.9 Å². The number of aliphatic hydroxyl groups is 1. The quantitative estimate of drug-likeness (QED) is 0.864. The van der Waals surface area contributed by atoms with Crippen molar-refractivity contribution in [2.45, 2.75) is 70.8 Å². The summed E-state index contributed by atoms with van der Waals surface area (Å²) < 4.78 is 6.03. The number of phenolic OH excluding ortho intramolecular Hbond substituents is 1. The van der Waals surface area contributed by atoms with Crippen molar-refractivity contribution in [2.24, 2.45) is 17.3 Å². The van der Waals surface area contributed by atoms with Crippen LogP contribution in [0.3, 0.4) is 0 Å². The van der Waals surface area contributed by atoms with Crippen molar-refractivity contribution in [2.75, 3.05) is 6.61 Å². The highest BCUT2D eigenvalue weighted by molar-refractivity contribution is 5.50. The molecule has 5 atom stereocenters. The van der Waals surface area contributed by atoms with Gasteiger partial charge < -0.3 is 14.9 Å². The molecule has 0 radical (unpaired) electrons. The van der Waals surface area contributed by atoms with Crippen LogP contribution in [0.1, 0.15) is 69.4 Å². The summed E-state index contributed by atoms with van der Waals surface area (Å²) >= 11 is 0. The van der Waals surface area contributed by atoms with Gasteiger partial charge in [-0.2, -0.15) is 0 Å². The summed E-state index contributed by atoms with van der Waals surface area (Å²) in [5, 5.41) is 20.6. The topological polar surface area (TPSA) is 49.7 Å². The van der Waals surface area contributed by atoms with Gasteiger partial charge in [-0.3, -0.25) is 0 Å². The molecule has 4 rings (SSSR count). The second-order valence-electron chi connectivity index (χ2n) is 8.42. The molecule has 3 aliphatic carbocycles. The number of hydrogen-bond acceptors (Lipinski definition) is 3. The summed E-state index contributed by atoms with van der Waals surface area (Å²) in [6.45, 7) is 5.13. The number of aliphatic hydroxyl groups excluding tert-OH is 1. The van der Waals surface area contributed by atoms with E-state index in [2.05, 4.69) is 13.8 Å². The number of aryl methyl sites for hydroxylation is 1. The highest BCUT2D eigenvalue weighted by Crippen LogP contribution is 2.62. The average molecular weight is 330 g/mol. The molecule has 0 saturated heterocycles. The van der Waals surface area contributed by atoms with E-state index >= 15 is 0 Å². The molecule has 132 valence electrons. The number of ether oxygens (including phenoxy) is 1. The Balaban J connectivity index is 1.71. The predicted molar refractivity (Wildman–Crippen MR) is 94.5 cm³/mol. The van der Waals surface area contributed by atoms with Crippen molar-refractivity contribution >= 4 is 0 Å². The zero-order valence-electron chi connectivity index (χ0n) is 14.9. The molecule has 0 bridgehead atoms. The lowest BCUT2D eigenvalue weighted by Crippen LogP contribution is -2.44. The molecule has 3 aliphatic rings. The number of hydrogen-bond donors (Lipinski definition) is 2. The molecular weight excluding hydrogens is 300 g/mol. The largest absolute Gasteiger partial charge is 0.508 e. The first-order valence-corrected chi connectivity index (χ1v) is 9.71. The number of fused-ring (bicyclic) bond motifs is 5. The molecule has 3 nitrogen and oxygen atoms in total. The Morgan fingerprint density at radius 3 is 2.83 bits per heavy atom. The smallest absolute Gasteiger partial charge is 0.126 e. The lowest BCUT2D eigenvalue weighted by atomic mass is 9.55. The van der Waals surface area contributed by atoms with Gasteiger partial charge in [0.15, 0.2) is 0 Å².